The van der Waals surface area contributed by atoms with Gasteiger partial charge in [-0.3, -0.25) is 0 Å². The van der Waals surface area contributed by atoms with Gasteiger partial charge in [0.15, 0.2) is 0 Å². The molecule has 1 heteroatoms. The highest BCUT2D eigenvalue weighted by molar-refractivity contribution is 5.00. The van der Waals surface area contributed by atoms with Crippen molar-refractivity contribution in [2.45, 2.75) is 33.6 Å². The first-order chi connectivity index (χ1) is 5.12. The summed E-state index contributed by atoms with van der Waals surface area (Å²) in [6.07, 6.45) is 7.59. The Balaban J connectivity index is 3.32. The fourth-order valence-electron chi connectivity index (χ4n) is 0.615. The lowest BCUT2D eigenvalue weighted by molar-refractivity contribution is 0.0853. The number of terminal acetylenes is 1. The number of ether oxygens (including phenoxy) is 1. The molecule has 0 unspecified atom stereocenters. The second kappa shape index (κ2) is 5.21. The van der Waals surface area contributed by atoms with E-state index in [-0.39, 0.29) is 5.41 Å². The summed E-state index contributed by atoms with van der Waals surface area (Å²) in [4.78, 5) is 0. The summed E-state index contributed by atoms with van der Waals surface area (Å²) in [5.41, 5.74) is -0.103. The summed E-state index contributed by atoms with van der Waals surface area (Å²) in [5, 5.41) is 0. The van der Waals surface area contributed by atoms with Gasteiger partial charge in [0.05, 0.1) is 6.61 Å². The first-order valence-corrected chi connectivity index (χ1v) is 4.18. The predicted octanol–water partition coefficient (Wildman–Crippen LogP) is 2.46. The second-order valence-corrected chi connectivity index (χ2v) is 3.43. The van der Waals surface area contributed by atoms with Crippen molar-refractivity contribution < 1.29 is 4.74 Å². The topological polar surface area (TPSA) is 9.23 Å². The van der Waals surface area contributed by atoms with Crippen molar-refractivity contribution in [1.29, 1.82) is 0 Å². The summed E-state index contributed by atoms with van der Waals surface area (Å²) in [6, 6.07) is 0. The molecular weight excluding hydrogens is 136 g/mol. The van der Waals surface area contributed by atoms with Crippen LogP contribution in [-0.2, 0) is 4.74 Å². The molecule has 0 bridgehead atoms. The van der Waals surface area contributed by atoms with E-state index in [4.69, 9.17) is 11.2 Å². The van der Waals surface area contributed by atoms with E-state index in [2.05, 4.69) is 12.8 Å². The predicted molar refractivity (Wildman–Crippen MR) is 48.3 cm³/mol. The molecule has 0 atom stereocenters. The molecule has 1 nitrogen and oxygen atoms in total. The third kappa shape index (κ3) is 5.94. The quantitative estimate of drug-likeness (QED) is 0.436. The average molecular weight is 154 g/mol. The first kappa shape index (κ1) is 10.5. The molecule has 0 fully saturated rings. The normalized spacial score (nSPS) is 11.1. The van der Waals surface area contributed by atoms with Gasteiger partial charge >= 0.3 is 0 Å². The molecule has 0 heterocycles. The minimum atomic E-state index is -0.103. The van der Waals surface area contributed by atoms with Crippen LogP contribution in [0.2, 0.25) is 0 Å². The van der Waals surface area contributed by atoms with Gasteiger partial charge in [-0.2, -0.15) is 0 Å². The Morgan fingerprint density at radius 1 is 1.45 bits per heavy atom. The zero-order chi connectivity index (χ0) is 8.74. The molecule has 0 N–H and O–H groups in total. The van der Waals surface area contributed by atoms with Crippen molar-refractivity contribution >= 4 is 0 Å². The van der Waals surface area contributed by atoms with Crippen LogP contribution in [0.5, 0.6) is 0 Å². The van der Waals surface area contributed by atoms with Crippen molar-refractivity contribution in [3.8, 4) is 12.3 Å². The highest BCUT2D eigenvalue weighted by Crippen LogP contribution is 2.12. The standard InChI is InChI=1S/C10H18O/c1-5-7-8-11-9-10(3,4)6-2/h2H,5,7-9H2,1,3-4H3. The van der Waals surface area contributed by atoms with E-state index in [1.54, 1.807) is 0 Å². The average Bonchev–Trinajstić information content (AvgIpc) is 1.99. The third-order valence-corrected chi connectivity index (χ3v) is 1.50. The Labute approximate surface area is 70.1 Å². The molecular formula is C10H18O. The van der Waals surface area contributed by atoms with E-state index in [1.807, 2.05) is 13.8 Å². The smallest absolute Gasteiger partial charge is 0.0626 e. The van der Waals surface area contributed by atoms with Crippen molar-refractivity contribution in [2.75, 3.05) is 13.2 Å². The van der Waals surface area contributed by atoms with Crippen molar-refractivity contribution in [3.05, 3.63) is 0 Å². The molecule has 0 radical (unpaired) electrons. The summed E-state index contributed by atoms with van der Waals surface area (Å²) in [6.45, 7) is 7.68. The van der Waals surface area contributed by atoms with E-state index in [9.17, 15) is 0 Å². The lowest BCUT2D eigenvalue weighted by atomic mass is 9.97. The largest absolute Gasteiger partial charge is 0.380 e. The zero-order valence-electron chi connectivity index (χ0n) is 7.81. The molecule has 0 aliphatic carbocycles. The summed E-state index contributed by atoms with van der Waals surface area (Å²) in [5.74, 6) is 2.69. The third-order valence-electron chi connectivity index (χ3n) is 1.50. The maximum absolute atomic E-state index is 5.39. The van der Waals surface area contributed by atoms with E-state index in [0.717, 1.165) is 13.0 Å². The number of rotatable bonds is 5. The minimum Gasteiger partial charge on any atom is -0.380 e. The fraction of sp³-hybridized carbons (Fsp3) is 0.800. The molecule has 0 aromatic heterocycles. The molecule has 0 saturated heterocycles. The van der Waals surface area contributed by atoms with E-state index in [1.165, 1.54) is 6.42 Å². The van der Waals surface area contributed by atoms with Gasteiger partial charge in [-0.25, -0.2) is 0 Å². The Bertz CT molecular complexity index is 130. The fourth-order valence-corrected chi connectivity index (χ4v) is 0.615. The van der Waals surface area contributed by atoms with Gasteiger partial charge in [-0.05, 0) is 20.3 Å². The maximum atomic E-state index is 5.39. The van der Waals surface area contributed by atoms with Gasteiger partial charge < -0.3 is 4.74 Å². The lowest BCUT2D eigenvalue weighted by Gasteiger charge is -2.16. The SMILES string of the molecule is C#CC(C)(C)COCCCC. The lowest BCUT2D eigenvalue weighted by Crippen LogP contribution is -2.17. The number of hydrogen-bond acceptors (Lipinski definition) is 1. The molecule has 0 aromatic rings. The molecule has 0 aliphatic rings. The molecule has 0 aliphatic heterocycles. The van der Waals surface area contributed by atoms with E-state index in [0.29, 0.717) is 6.61 Å². The van der Waals surface area contributed by atoms with Crippen LogP contribution in [0.15, 0.2) is 0 Å². The first-order valence-electron chi connectivity index (χ1n) is 4.18. The van der Waals surface area contributed by atoms with E-state index >= 15 is 0 Å². The van der Waals surface area contributed by atoms with Crippen LogP contribution in [0.3, 0.4) is 0 Å². The summed E-state index contributed by atoms with van der Waals surface area (Å²) >= 11 is 0. The minimum absolute atomic E-state index is 0.103. The van der Waals surface area contributed by atoms with Crippen molar-refractivity contribution in [3.63, 3.8) is 0 Å². The zero-order valence-corrected chi connectivity index (χ0v) is 7.81. The molecule has 0 aromatic carbocycles. The van der Waals surface area contributed by atoms with Crippen LogP contribution in [0.25, 0.3) is 0 Å². The van der Waals surface area contributed by atoms with Crippen LogP contribution in [0.4, 0.5) is 0 Å². The van der Waals surface area contributed by atoms with Crippen LogP contribution in [0, 0.1) is 17.8 Å². The van der Waals surface area contributed by atoms with Crippen LogP contribution in [-0.4, -0.2) is 13.2 Å². The highest BCUT2D eigenvalue weighted by Gasteiger charge is 2.12. The van der Waals surface area contributed by atoms with Crippen LogP contribution < -0.4 is 0 Å². The monoisotopic (exact) mass is 154 g/mol. The Kier molecular flexibility index (Phi) is 4.98. The van der Waals surface area contributed by atoms with Crippen LogP contribution >= 0.6 is 0 Å². The summed E-state index contributed by atoms with van der Waals surface area (Å²) in [7, 11) is 0. The van der Waals surface area contributed by atoms with Crippen molar-refractivity contribution in [1.82, 2.24) is 0 Å². The van der Waals surface area contributed by atoms with Gasteiger partial charge in [0, 0.05) is 12.0 Å². The van der Waals surface area contributed by atoms with Crippen molar-refractivity contribution in [2.24, 2.45) is 5.41 Å². The second-order valence-electron chi connectivity index (χ2n) is 3.43. The molecule has 64 valence electrons. The number of hydrogen-bond donors (Lipinski definition) is 0. The van der Waals surface area contributed by atoms with Gasteiger partial charge in [0.1, 0.15) is 0 Å². The molecule has 0 rings (SSSR count). The highest BCUT2D eigenvalue weighted by atomic mass is 16.5. The molecule has 0 amide bonds. The van der Waals surface area contributed by atoms with Crippen LogP contribution in [0.1, 0.15) is 33.6 Å². The van der Waals surface area contributed by atoms with Gasteiger partial charge in [0.25, 0.3) is 0 Å². The molecule has 0 saturated carbocycles. The molecule has 11 heavy (non-hydrogen) atoms. The maximum Gasteiger partial charge on any atom is 0.0626 e. The Morgan fingerprint density at radius 3 is 2.55 bits per heavy atom. The molecule has 0 spiro atoms. The number of unbranched alkanes of at least 4 members (excludes halogenated alkanes) is 1. The van der Waals surface area contributed by atoms with Gasteiger partial charge in [-0.1, -0.05) is 19.3 Å². The van der Waals surface area contributed by atoms with Gasteiger partial charge in [-0.15, -0.1) is 6.42 Å². The Morgan fingerprint density at radius 2 is 2.09 bits per heavy atom. The summed E-state index contributed by atoms with van der Waals surface area (Å²) < 4.78 is 5.39. The van der Waals surface area contributed by atoms with E-state index < -0.39 is 0 Å². The Hall–Kier alpha value is -0.480. The van der Waals surface area contributed by atoms with Gasteiger partial charge in [0.2, 0.25) is 0 Å².